The van der Waals surface area contributed by atoms with Crippen molar-refractivity contribution < 1.29 is 4.74 Å². The Morgan fingerprint density at radius 3 is 2.75 bits per heavy atom. The first-order valence-electron chi connectivity index (χ1n) is 7.73. The van der Waals surface area contributed by atoms with Crippen molar-refractivity contribution in [3.8, 4) is 0 Å². The van der Waals surface area contributed by atoms with Crippen molar-refractivity contribution in [3.63, 3.8) is 0 Å². The number of likely N-dealkylation sites (N-methyl/N-ethyl adjacent to an activating group) is 1. The molecule has 1 saturated carbocycles. The summed E-state index contributed by atoms with van der Waals surface area (Å²) in [6, 6.07) is 7.96. The third kappa shape index (κ3) is 4.47. The van der Waals surface area contributed by atoms with Crippen LogP contribution in [0.15, 0.2) is 24.3 Å². The van der Waals surface area contributed by atoms with Crippen LogP contribution < -0.4 is 5.32 Å². The molecule has 0 spiro atoms. The number of halogens is 1. The van der Waals surface area contributed by atoms with E-state index in [1.165, 1.54) is 18.4 Å². The van der Waals surface area contributed by atoms with Crippen LogP contribution in [0.1, 0.15) is 45.1 Å². The zero-order chi connectivity index (χ0) is 14.4. The minimum atomic E-state index is 0.00725. The van der Waals surface area contributed by atoms with Gasteiger partial charge in [0.2, 0.25) is 0 Å². The summed E-state index contributed by atoms with van der Waals surface area (Å²) in [5, 5.41) is 4.26. The molecule has 1 aromatic rings. The van der Waals surface area contributed by atoms with Gasteiger partial charge in [-0.2, -0.15) is 0 Å². The van der Waals surface area contributed by atoms with Crippen LogP contribution in [-0.4, -0.2) is 18.7 Å². The van der Waals surface area contributed by atoms with Crippen LogP contribution in [0.5, 0.6) is 0 Å². The zero-order valence-electron chi connectivity index (χ0n) is 12.6. The molecule has 0 amide bonds. The number of rotatable bonds is 6. The molecule has 0 bridgehead atoms. The summed E-state index contributed by atoms with van der Waals surface area (Å²) < 4.78 is 6.36. The summed E-state index contributed by atoms with van der Waals surface area (Å²) in [4.78, 5) is 0. The fourth-order valence-electron chi connectivity index (χ4n) is 3.12. The van der Waals surface area contributed by atoms with E-state index in [1.54, 1.807) is 0 Å². The summed E-state index contributed by atoms with van der Waals surface area (Å²) in [6.45, 7) is 7.13. The molecule has 112 valence electrons. The van der Waals surface area contributed by atoms with Crippen molar-refractivity contribution in [2.75, 3.05) is 13.1 Å². The molecule has 0 radical (unpaired) electrons. The van der Waals surface area contributed by atoms with Gasteiger partial charge in [-0.15, -0.1) is 0 Å². The van der Waals surface area contributed by atoms with E-state index in [9.17, 15) is 0 Å². The van der Waals surface area contributed by atoms with E-state index in [-0.39, 0.29) is 5.60 Å². The van der Waals surface area contributed by atoms with Gasteiger partial charge in [-0.05, 0) is 43.0 Å². The lowest BCUT2D eigenvalue weighted by atomic mass is 9.78. The van der Waals surface area contributed by atoms with Gasteiger partial charge in [-0.3, -0.25) is 0 Å². The molecule has 2 nitrogen and oxygen atoms in total. The summed E-state index contributed by atoms with van der Waals surface area (Å²) in [5.41, 5.74) is 1.20. The molecule has 1 fully saturated rings. The molecule has 1 aromatic carbocycles. The summed E-state index contributed by atoms with van der Waals surface area (Å²) in [5.74, 6) is 0.757. The average molecular weight is 296 g/mol. The molecule has 0 aliphatic heterocycles. The van der Waals surface area contributed by atoms with Gasteiger partial charge in [0.05, 0.1) is 12.2 Å². The Bertz CT molecular complexity index is 406. The number of nitrogens with one attached hydrogen (secondary N) is 1. The van der Waals surface area contributed by atoms with E-state index in [4.69, 9.17) is 16.3 Å². The molecular weight excluding hydrogens is 270 g/mol. The third-order valence-corrected chi connectivity index (χ3v) is 4.46. The molecule has 0 saturated heterocycles. The van der Waals surface area contributed by atoms with Crippen molar-refractivity contribution in [1.29, 1.82) is 0 Å². The highest BCUT2D eigenvalue weighted by molar-refractivity contribution is 6.30. The monoisotopic (exact) mass is 295 g/mol. The average Bonchev–Trinajstić information content (AvgIpc) is 2.45. The molecule has 2 unspecified atom stereocenters. The van der Waals surface area contributed by atoms with E-state index in [0.717, 1.165) is 36.9 Å². The number of benzene rings is 1. The molecular formula is C17H26ClNO. The van der Waals surface area contributed by atoms with E-state index >= 15 is 0 Å². The van der Waals surface area contributed by atoms with Crippen molar-refractivity contribution in [3.05, 3.63) is 34.9 Å². The molecule has 0 aromatic heterocycles. The summed E-state index contributed by atoms with van der Waals surface area (Å²) >= 11 is 5.92. The first-order chi connectivity index (χ1) is 9.63. The van der Waals surface area contributed by atoms with Gasteiger partial charge in [0.15, 0.2) is 0 Å². The SMILES string of the molecule is CCNCC1(OCc2ccc(Cl)cc2)CCCC(C)C1. The van der Waals surface area contributed by atoms with Gasteiger partial charge in [0.25, 0.3) is 0 Å². The second-order valence-corrected chi connectivity index (χ2v) is 6.52. The Morgan fingerprint density at radius 2 is 2.10 bits per heavy atom. The highest BCUT2D eigenvalue weighted by Crippen LogP contribution is 2.35. The number of hydrogen-bond donors (Lipinski definition) is 1. The van der Waals surface area contributed by atoms with Crippen LogP contribution in [0.3, 0.4) is 0 Å². The molecule has 1 aliphatic carbocycles. The highest BCUT2D eigenvalue weighted by atomic mass is 35.5. The lowest BCUT2D eigenvalue weighted by molar-refractivity contribution is -0.0887. The van der Waals surface area contributed by atoms with Gasteiger partial charge >= 0.3 is 0 Å². The molecule has 2 rings (SSSR count). The predicted octanol–water partition coefficient (Wildman–Crippen LogP) is 4.42. The second kappa shape index (κ2) is 7.44. The Labute approximate surface area is 127 Å². The number of ether oxygens (including phenoxy) is 1. The van der Waals surface area contributed by atoms with E-state index in [1.807, 2.05) is 12.1 Å². The van der Waals surface area contributed by atoms with Gasteiger partial charge in [-0.25, -0.2) is 0 Å². The summed E-state index contributed by atoms with van der Waals surface area (Å²) in [6.07, 6.45) is 4.93. The minimum absolute atomic E-state index is 0.00725. The van der Waals surface area contributed by atoms with Crippen LogP contribution in [0.2, 0.25) is 5.02 Å². The Balaban J connectivity index is 1.98. The van der Waals surface area contributed by atoms with Crippen LogP contribution in [0, 0.1) is 5.92 Å². The molecule has 20 heavy (non-hydrogen) atoms. The highest BCUT2D eigenvalue weighted by Gasteiger charge is 2.35. The molecule has 3 heteroatoms. The van der Waals surface area contributed by atoms with Crippen molar-refractivity contribution in [2.24, 2.45) is 5.92 Å². The van der Waals surface area contributed by atoms with Crippen molar-refractivity contribution in [2.45, 2.75) is 51.7 Å². The lowest BCUT2D eigenvalue weighted by Gasteiger charge is -2.40. The van der Waals surface area contributed by atoms with Gasteiger partial charge in [-0.1, -0.05) is 50.4 Å². The predicted molar refractivity (Wildman–Crippen MR) is 85.1 cm³/mol. The van der Waals surface area contributed by atoms with Gasteiger partial charge in [0, 0.05) is 11.6 Å². The normalized spacial score (nSPS) is 26.6. The molecule has 1 aliphatic rings. The quantitative estimate of drug-likeness (QED) is 0.839. The number of hydrogen-bond acceptors (Lipinski definition) is 2. The smallest absolute Gasteiger partial charge is 0.0813 e. The minimum Gasteiger partial charge on any atom is -0.369 e. The maximum Gasteiger partial charge on any atom is 0.0813 e. The molecule has 2 atom stereocenters. The van der Waals surface area contributed by atoms with Crippen LogP contribution in [-0.2, 0) is 11.3 Å². The van der Waals surface area contributed by atoms with Crippen molar-refractivity contribution >= 4 is 11.6 Å². The maximum absolute atomic E-state index is 6.36. The van der Waals surface area contributed by atoms with E-state index in [0.29, 0.717) is 6.61 Å². The lowest BCUT2D eigenvalue weighted by Crippen LogP contribution is -2.46. The largest absolute Gasteiger partial charge is 0.369 e. The first-order valence-corrected chi connectivity index (χ1v) is 8.10. The second-order valence-electron chi connectivity index (χ2n) is 6.08. The van der Waals surface area contributed by atoms with Gasteiger partial charge in [0.1, 0.15) is 0 Å². The summed E-state index contributed by atoms with van der Waals surface area (Å²) in [7, 11) is 0. The standard InChI is InChI=1S/C17H26ClNO/c1-3-19-13-17(10-4-5-14(2)11-17)20-12-15-6-8-16(18)9-7-15/h6-9,14,19H,3-5,10-13H2,1-2H3. The topological polar surface area (TPSA) is 21.3 Å². The van der Waals surface area contributed by atoms with E-state index < -0.39 is 0 Å². The molecule has 0 heterocycles. The Morgan fingerprint density at radius 1 is 1.35 bits per heavy atom. The Kier molecular flexibility index (Phi) is 5.88. The zero-order valence-corrected chi connectivity index (χ0v) is 13.4. The van der Waals surface area contributed by atoms with Crippen LogP contribution >= 0.6 is 11.6 Å². The first kappa shape index (κ1) is 15.8. The van der Waals surface area contributed by atoms with Gasteiger partial charge < -0.3 is 10.1 Å². The Hall–Kier alpha value is -0.570. The van der Waals surface area contributed by atoms with Crippen LogP contribution in [0.4, 0.5) is 0 Å². The molecule has 1 N–H and O–H groups in total. The fourth-order valence-corrected chi connectivity index (χ4v) is 3.25. The van der Waals surface area contributed by atoms with E-state index in [2.05, 4.69) is 31.3 Å². The van der Waals surface area contributed by atoms with Crippen molar-refractivity contribution in [1.82, 2.24) is 5.32 Å². The maximum atomic E-state index is 6.36. The third-order valence-electron chi connectivity index (χ3n) is 4.21. The van der Waals surface area contributed by atoms with Crippen LogP contribution in [0.25, 0.3) is 0 Å². The fraction of sp³-hybridized carbons (Fsp3) is 0.647.